The van der Waals surface area contributed by atoms with Crippen LogP contribution < -0.4 is 14.8 Å². The number of carbonyl (C=O) groups is 3. The van der Waals surface area contributed by atoms with Crippen molar-refractivity contribution in [3.63, 3.8) is 0 Å². The lowest BCUT2D eigenvalue weighted by molar-refractivity contribution is -0.137. The second kappa shape index (κ2) is 33.6. The third-order valence-corrected chi connectivity index (χ3v) is 9.78. The molecule has 0 amide bonds. The van der Waals surface area contributed by atoms with Gasteiger partial charge in [-0.2, -0.15) is 0 Å². The van der Waals surface area contributed by atoms with Gasteiger partial charge < -0.3 is 14.8 Å². The topological polar surface area (TPSA) is 81.7 Å². The first-order chi connectivity index (χ1) is 26.2. The molecule has 6 nitrogen and oxygen atoms in total. The molecule has 0 saturated heterocycles. The molecule has 0 radical (unpaired) electrons. The summed E-state index contributed by atoms with van der Waals surface area (Å²) in [5.74, 6) is -0.529. The Balaban J connectivity index is 2.44. The number of Topliss-reactive ketones (excluding diaryl/α,β-unsaturated/α-hetero) is 1. The zero-order chi connectivity index (χ0) is 39.5. The summed E-state index contributed by atoms with van der Waals surface area (Å²) in [7, 11) is 0. The van der Waals surface area contributed by atoms with Gasteiger partial charge in [0.25, 0.3) is 0 Å². The summed E-state index contributed by atoms with van der Waals surface area (Å²) in [4.78, 5) is 38.6. The van der Waals surface area contributed by atoms with E-state index in [9.17, 15) is 14.4 Å². The number of rotatable bonds is 35. The first-order valence-corrected chi connectivity index (χ1v) is 22.3. The van der Waals surface area contributed by atoms with Gasteiger partial charge in [0.2, 0.25) is 0 Å². The maximum atomic E-state index is 12.9. The number of ketones is 1. The van der Waals surface area contributed by atoms with Crippen LogP contribution in [0.2, 0.25) is 0 Å². The van der Waals surface area contributed by atoms with Crippen molar-refractivity contribution >= 4 is 17.7 Å². The first-order valence-electron chi connectivity index (χ1n) is 22.3. The number of allylic oxidation sites excluding steroid dienone is 4. The van der Waals surface area contributed by atoms with Gasteiger partial charge in [-0.05, 0) is 103 Å². The van der Waals surface area contributed by atoms with Gasteiger partial charge in [0.05, 0.1) is 6.54 Å². The molecule has 0 aromatic heterocycles. The highest BCUT2D eigenvalue weighted by Crippen LogP contribution is 2.30. The molecule has 0 unspecified atom stereocenters. The molecule has 1 rings (SSSR count). The minimum atomic E-state index is -0.375. The van der Waals surface area contributed by atoms with Gasteiger partial charge >= 0.3 is 11.9 Å². The molecule has 1 aromatic carbocycles. The van der Waals surface area contributed by atoms with E-state index in [0.29, 0.717) is 12.0 Å². The Morgan fingerprint density at radius 2 is 0.889 bits per heavy atom. The monoisotopic (exact) mass is 752 g/mol. The normalized spacial score (nSPS) is 11.9. The Bertz CT molecular complexity index is 1160. The van der Waals surface area contributed by atoms with Crippen LogP contribution >= 0.6 is 0 Å². The fourth-order valence-electron chi connectivity index (χ4n) is 6.32. The lowest BCUT2D eigenvalue weighted by Gasteiger charge is -2.20. The second-order valence-corrected chi connectivity index (χ2v) is 16.3. The standard InChI is InChI=1S/C48H81NO5/c1-6-8-10-12-14-16-18-20-22-24-26-28-30-32-34-36-46(51)53-44-39-38-42(43(50)41-49-48(3,4)5)40-45(44)54-47(52)37-35-33-31-29-27-25-23-21-19-17-15-13-11-9-7-2/h20-23,38-40,49H,6-19,24-37,41H2,1-5H3. The van der Waals surface area contributed by atoms with Crippen molar-refractivity contribution in [2.24, 2.45) is 0 Å². The number of benzene rings is 1. The Labute approximate surface area is 332 Å². The van der Waals surface area contributed by atoms with Gasteiger partial charge in [0.1, 0.15) is 0 Å². The van der Waals surface area contributed by atoms with Crippen LogP contribution in [-0.2, 0) is 9.59 Å². The molecule has 1 aromatic rings. The number of esters is 2. The van der Waals surface area contributed by atoms with Crippen LogP contribution in [0.1, 0.15) is 225 Å². The molecule has 1 N–H and O–H groups in total. The first kappa shape index (κ1) is 49.3. The summed E-state index contributed by atoms with van der Waals surface area (Å²) in [6, 6.07) is 4.75. The Kier molecular flexibility index (Phi) is 30.7. The van der Waals surface area contributed by atoms with Crippen molar-refractivity contribution in [1.29, 1.82) is 0 Å². The van der Waals surface area contributed by atoms with Crippen LogP contribution in [0.15, 0.2) is 42.5 Å². The van der Waals surface area contributed by atoms with Gasteiger partial charge in [0, 0.05) is 23.9 Å². The lowest BCUT2D eigenvalue weighted by Crippen LogP contribution is -2.39. The summed E-state index contributed by atoms with van der Waals surface area (Å²) >= 11 is 0. The zero-order valence-corrected chi connectivity index (χ0v) is 35.6. The predicted octanol–water partition coefficient (Wildman–Crippen LogP) is 14.1. The van der Waals surface area contributed by atoms with Gasteiger partial charge in [-0.25, -0.2) is 0 Å². The molecule has 0 aliphatic rings. The Hall–Kier alpha value is -2.73. The highest BCUT2D eigenvalue weighted by Gasteiger charge is 2.19. The molecule has 0 aliphatic heterocycles. The fourth-order valence-corrected chi connectivity index (χ4v) is 6.32. The van der Waals surface area contributed by atoms with E-state index in [4.69, 9.17) is 9.47 Å². The van der Waals surface area contributed by atoms with Crippen molar-refractivity contribution in [2.45, 2.75) is 220 Å². The van der Waals surface area contributed by atoms with Crippen LogP contribution in [0.25, 0.3) is 0 Å². The average Bonchev–Trinajstić information content (AvgIpc) is 3.14. The average molecular weight is 752 g/mol. The molecular weight excluding hydrogens is 671 g/mol. The molecule has 0 heterocycles. The van der Waals surface area contributed by atoms with Crippen molar-refractivity contribution in [1.82, 2.24) is 5.32 Å². The molecule has 6 heteroatoms. The quantitative estimate of drug-likeness (QED) is 0.0244. The van der Waals surface area contributed by atoms with Crippen molar-refractivity contribution in [2.75, 3.05) is 6.54 Å². The summed E-state index contributed by atoms with van der Waals surface area (Å²) in [6.07, 6.45) is 40.9. The maximum absolute atomic E-state index is 12.9. The van der Waals surface area contributed by atoms with E-state index in [-0.39, 0.29) is 47.7 Å². The summed E-state index contributed by atoms with van der Waals surface area (Å²) < 4.78 is 11.4. The van der Waals surface area contributed by atoms with E-state index in [1.54, 1.807) is 12.1 Å². The van der Waals surface area contributed by atoms with Crippen LogP contribution in [0.5, 0.6) is 11.5 Å². The lowest BCUT2D eigenvalue weighted by atomic mass is 10.1. The van der Waals surface area contributed by atoms with E-state index in [2.05, 4.69) is 43.5 Å². The summed E-state index contributed by atoms with van der Waals surface area (Å²) in [5.41, 5.74) is 0.196. The number of nitrogens with one attached hydrogen (secondary N) is 1. The third-order valence-electron chi connectivity index (χ3n) is 9.78. The largest absolute Gasteiger partial charge is 0.423 e. The number of unbranched alkanes of at least 4 members (excludes halogenated alkanes) is 22. The highest BCUT2D eigenvalue weighted by atomic mass is 16.6. The van der Waals surface area contributed by atoms with Gasteiger partial charge in [-0.15, -0.1) is 0 Å². The Morgan fingerprint density at radius 1 is 0.519 bits per heavy atom. The predicted molar refractivity (Wildman–Crippen MR) is 229 cm³/mol. The molecular formula is C48H81NO5. The maximum Gasteiger partial charge on any atom is 0.311 e. The van der Waals surface area contributed by atoms with Crippen LogP contribution in [0, 0.1) is 0 Å². The molecule has 0 aliphatic carbocycles. The van der Waals surface area contributed by atoms with Crippen LogP contribution in [0.3, 0.4) is 0 Å². The molecule has 0 fully saturated rings. The SMILES string of the molecule is CCCCCCCCC=CCCCCCCCC(=O)Oc1ccc(C(=O)CNC(C)(C)C)cc1OC(=O)CCCCCCCC=CCCCCCCCC. The Morgan fingerprint density at radius 3 is 1.30 bits per heavy atom. The van der Waals surface area contributed by atoms with E-state index < -0.39 is 0 Å². The van der Waals surface area contributed by atoms with Crippen molar-refractivity contribution in [3.05, 3.63) is 48.1 Å². The fraction of sp³-hybridized carbons (Fsp3) is 0.729. The zero-order valence-electron chi connectivity index (χ0n) is 35.6. The van der Waals surface area contributed by atoms with E-state index >= 15 is 0 Å². The minimum Gasteiger partial charge on any atom is -0.423 e. The number of ether oxygens (including phenoxy) is 2. The molecule has 54 heavy (non-hydrogen) atoms. The number of hydrogen-bond donors (Lipinski definition) is 1. The third kappa shape index (κ3) is 29.6. The van der Waals surface area contributed by atoms with Gasteiger partial charge in [-0.3, -0.25) is 14.4 Å². The highest BCUT2D eigenvalue weighted by molar-refractivity contribution is 5.98. The van der Waals surface area contributed by atoms with E-state index in [1.165, 1.54) is 109 Å². The molecule has 0 saturated carbocycles. The van der Waals surface area contributed by atoms with Crippen molar-refractivity contribution < 1.29 is 23.9 Å². The molecule has 0 bridgehead atoms. The van der Waals surface area contributed by atoms with Crippen LogP contribution in [-0.4, -0.2) is 29.8 Å². The number of carbonyl (C=O) groups excluding carboxylic acids is 3. The summed E-state index contributed by atoms with van der Waals surface area (Å²) in [5, 5.41) is 3.21. The minimum absolute atomic E-state index is 0.120. The second-order valence-electron chi connectivity index (χ2n) is 16.3. The molecule has 308 valence electrons. The van der Waals surface area contributed by atoms with Crippen molar-refractivity contribution in [3.8, 4) is 11.5 Å². The van der Waals surface area contributed by atoms with E-state index in [0.717, 1.165) is 64.2 Å². The van der Waals surface area contributed by atoms with E-state index in [1.807, 2.05) is 20.8 Å². The smallest absolute Gasteiger partial charge is 0.311 e. The van der Waals surface area contributed by atoms with Gasteiger partial charge in [0.15, 0.2) is 17.3 Å². The van der Waals surface area contributed by atoms with Crippen LogP contribution in [0.4, 0.5) is 0 Å². The number of hydrogen-bond acceptors (Lipinski definition) is 6. The molecule has 0 atom stereocenters. The summed E-state index contributed by atoms with van der Waals surface area (Å²) in [6.45, 7) is 10.7. The molecule has 0 spiro atoms. The van der Waals surface area contributed by atoms with Gasteiger partial charge in [-0.1, -0.05) is 141 Å².